The standard InChI is InChI=1S/C10H9NO2S2/c12-10(15-7-6-11-8-14)13-9-4-2-1-3-5-9/h1-5H,6-7H2. The monoisotopic (exact) mass is 239 g/mol. The Balaban J connectivity index is 2.27. The van der Waals surface area contributed by atoms with Gasteiger partial charge in [-0.15, -0.1) is 0 Å². The molecule has 0 saturated carbocycles. The fraction of sp³-hybridized carbons (Fsp3) is 0.200. The molecule has 0 aliphatic rings. The number of ether oxygens (including phenoxy) is 1. The Kier molecular flexibility index (Phi) is 5.70. The average Bonchev–Trinajstić information content (AvgIpc) is 2.26. The third kappa shape index (κ3) is 5.32. The molecule has 0 aliphatic carbocycles. The van der Waals surface area contributed by atoms with Crippen LogP contribution in [0.4, 0.5) is 4.79 Å². The van der Waals surface area contributed by atoms with Crippen LogP contribution in [0.2, 0.25) is 0 Å². The van der Waals surface area contributed by atoms with Crippen LogP contribution in [0.3, 0.4) is 0 Å². The summed E-state index contributed by atoms with van der Waals surface area (Å²) in [6.45, 7) is 0.484. The molecule has 1 aromatic rings. The predicted molar refractivity (Wildman–Crippen MR) is 64.8 cm³/mol. The summed E-state index contributed by atoms with van der Waals surface area (Å²) in [5, 5.41) is 1.90. The van der Waals surface area contributed by atoms with Gasteiger partial charge in [-0.25, -0.2) is 9.79 Å². The lowest BCUT2D eigenvalue weighted by Crippen LogP contribution is -2.02. The van der Waals surface area contributed by atoms with Gasteiger partial charge in [0, 0.05) is 5.75 Å². The molecule has 0 aliphatic heterocycles. The summed E-state index contributed by atoms with van der Waals surface area (Å²) in [5.74, 6) is 1.10. The maximum Gasteiger partial charge on any atom is 0.372 e. The largest absolute Gasteiger partial charge is 0.418 e. The average molecular weight is 239 g/mol. The van der Waals surface area contributed by atoms with E-state index in [1.54, 1.807) is 12.1 Å². The van der Waals surface area contributed by atoms with E-state index in [9.17, 15) is 4.79 Å². The van der Waals surface area contributed by atoms with Gasteiger partial charge in [-0.05, 0) is 36.1 Å². The lowest BCUT2D eigenvalue weighted by atomic mass is 10.3. The lowest BCUT2D eigenvalue weighted by Gasteiger charge is -2.01. The Morgan fingerprint density at radius 1 is 1.47 bits per heavy atom. The lowest BCUT2D eigenvalue weighted by molar-refractivity contribution is 0.227. The number of benzene rings is 1. The minimum absolute atomic E-state index is 0.333. The van der Waals surface area contributed by atoms with Gasteiger partial charge in [0.1, 0.15) is 5.75 Å². The van der Waals surface area contributed by atoms with Crippen molar-refractivity contribution in [1.82, 2.24) is 0 Å². The van der Waals surface area contributed by atoms with Crippen molar-refractivity contribution in [3.05, 3.63) is 30.3 Å². The Labute approximate surface area is 97.5 Å². The zero-order valence-corrected chi connectivity index (χ0v) is 9.51. The number of thioether (sulfide) groups is 1. The highest BCUT2D eigenvalue weighted by molar-refractivity contribution is 8.13. The summed E-state index contributed by atoms with van der Waals surface area (Å²) in [6, 6.07) is 8.94. The van der Waals surface area contributed by atoms with Crippen molar-refractivity contribution < 1.29 is 9.53 Å². The van der Waals surface area contributed by atoms with Crippen LogP contribution >= 0.6 is 24.0 Å². The molecule has 0 heterocycles. The Morgan fingerprint density at radius 3 is 2.87 bits per heavy atom. The van der Waals surface area contributed by atoms with E-state index < -0.39 is 0 Å². The van der Waals surface area contributed by atoms with E-state index in [1.165, 1.54) is 0 Å². The molecule has 0 saturated heterocycles. The molecule has 0 aromatic heterocycles. The number of aliphatic imine (C=N–C) groups is 1. The Bertz CT molecular complexity index is 361. The van der Waals surface area contributed by atoms with E-state index in [1.807, 2.05) is 18.2 Å². The number of nitrogens with zero attached hydrogens (tertiary/aromatic N) is 1. The molecule has 0 atom stereocenters. The second-order valence-corrected chi connectivity index (χ2v) is 3.70. The maximum atomic E-state index is 11.2. The highest BCUT2D eigenvalue weighted by Crippen LogP contribution is 2.13. The minimum atomic E-state index is -0.333. The number of hydrogen-bond acceptors (Lipinski definition) is 5. The number of rotatable bonds is 4. The number of para-hydroxylation sites is 1. The Morgan fingerprint density at radius 2 is 2.20 bits per heavy atom. The first-order valence-corrected chi connectivity index (χ1v) is 5.65. The summed E-state index contributed by atoms with van der Waals surface area (Å²) in [5.41, 5.74) is 0. The minimum Gasteiger partial charge on any atom is -0.418 e. The molecule has 0 unspecified atom stereocenters. The van der Waals surface area contributed by atoms with E-state index in [0.29, 0.717) is 18.0 Å². The summed E-state index contributed by atoms with van der Waals surface area (Å²) in [4.78, 5) is 14.9. The van der Waals surface area contributed by atoms with Crippen LogP contribution in [-0.2, 0) is 0 Å². The molecule has 3 nitrogen and oxygen atoms in total. The van der Waals surface area contributed by atoms with Crippen molar-refractivity contribution in [1.29, 1.82) is 0 Å². The summed E-state index contributed by atoms with van der Waals surface area (Å²) in [7, 11) is 0. The van der Waals surface area contributed by atoms with Gasteiger partial charge in [0.25, 0.3) is 0 Å². The van der Waals surface area contributed by atoms with Crippen molar-refractivity contribution >= 4 is 34.4 Å². The van der Waals surface area contributed by atoms with Crippen LogP contribution in [-0.4, -0.2) is 22.8 Å². The van der Waals surface area contributed by atoms with Gasteiger partial charge in [0.05, 0.1) is 11.7 Å². The van der Waals surface area contributed by atoms with Crippen molar-refractivity contribution in [2.24, 2.45) is 4.99 Å². The number of carbonyl (C=O) groups is 1. The number of isothiocyanates is 1. The molecule has 0 fully saturated rings. The molecule has 0 N–H and O–H groups in total. The van der Waals surface area contributed by atoms with Gasteiger partial charge in [-0.3, -0.25) is 0 Å². The molecule has 15 heavy (non-hydrogen) atoms. The Hall–Kier alpha value is -1.16. The van der Waals surface area contributed by atoms with Crippen LogP contribution in [0.25, 0.3) is 0 Å². The molecule has 5 heteroatoms. The number of hydrogen-bond donors (Lipinski definition) is 0. The van der Waals surface area contributed by atoms with Crippen molar-refractivity contribution in [3.8, 4) is 5.75 Å². The van der Waals surface area contributed by atoms with E-state index in [4.69, 9.17) is 4.74 Å². The van der Waals surface area contributed by atoms with Gasteiger partial charge in [-0.2, -0.15) is 0 Å². The molecule has 0 bridgehead atoms. The van der Waals surface area contributed by atoms with Crippen molar-refractivity contribution in [3.63, 3.8) is 0 Å². The maximum absolute atomic E-state index is 11.2. The molecule has 1 rings (SSSR count). The zero-order valence-electron chi connectivity index (χ0n) is 7.88. The highest BCUT2D eigenvalue weighted by Gasteiger charge is 2.03. The van der Waals surface area contributed by atoms with Gasteiger partial charge >= 0.3 is 5.30 Å². The van der Waals surface area contributed by atoms with Crippen LogP contribution < -0.4 is 4.74 Å². The van der Waals surface area contributed by atoms with Crippen LogP contribution in [0.5, 0.6) is 5.75 Å². The summed E-state index contributed by atoms with van der Waals surface area (Å²) < 4.78 is 5.03. The molecule has 78 valence electrons. The second kappa shape index (κ2) is 7.17. The van der Waals surface area contributed by atoms with E-state index in [-0.39, 0.29) is 5.30 Å². The molecular formula is C10H9NO2S2. The summed E-state index contributed by atoms with van der Waals surface area (Å²) in [6.07, 6.45) is 0. The van der Waals surface area contributed by atoms with Gasteiger partial charge < -0.3 is 4.74 Å². The highest BCUT2D eigenvalue weighted by atomic mass is 32.2. The van der Waals surface area contributed by atoms with Crippen LogP contribution in [0.15, 0.2) is 35.3 Å². The number of carbonyl (C=O) groups excluding carboxylic acids is 1. The molecule has 0 amide bonds. The first kappa shape index (κ1) is 11.9. The fourth-order valence-electron chi connectivity index (χ4n) is 0.834. The SMILES string of the molecule is O=C(Oc1ccccc1)SCCN=C=S. The topological polar surface area (TPSA) is 38.7 Å². The van der Waals surface area contributed by atoms with Crippen molar-refractivity contribution in [2.45, 2.75) is 0 Å². The molecular weight excluding hydrogens is 230 g/mol. The second-order valence-electron chi connectivity index (χ2n) is 2.49. The number of thiocarbonyl (C=S) groups is 1. The first-order valence-electron chi connectivity index (χ1n) is 4.26. The third-order valence-corrected chi connectivity index (χ3v) is 2.27. The zero-order chi connectivity index (χ0) is 10.9. The smallest absolute Gasteiger partial charge is 0.372 e. The van der Waals surface area contributed by atoms with Gasteiger partial charge in [-0.1, -0.05) is 18.2 Å². The fourth-order valence-corrected chi connectivity index (χ4v) is 1.43. The van der Waals surface area contributed by atoms with E-state index >= 15 is 0 Å². The van der Waals surface area contributed by atoms with Crippen LogP contribution in [0, 0.1) is 0 Å². The molecule has 1 aromatic carbocycles. The first-order chi connectivity index (χ1) is 7.33. The van der Waals surface area contributed by atoms with Gasteiger partial charge in [0.2, 0.25) is 0 Å². The van der Waals surface area contributed by atoms with Crippen LogP contribution in [0.1, 0.15) is 0 Å². The van der Waals surface area contributed by atoms with E-state index in [0.717, 1.165) is 11.8 Å². The van der Waals surface area contributed by atoms with Gasteiger partial charge in [0.15, 0.2) is 0 Å². The third-order valence-electron chi connectivity index (χ3n) is 1.43. The van der Waals surface area contributed by atoms with Crippen molar-refractivity contribution in [2.75, 3.05) is 12.3 Å². The van der Waals surface area contributed by atoms with E-state index in [2.05, 4.69) is 22.4 Å². The normalized spacial score (nSPS) is 9.07. The summed E-state index contributed by atoms with van der Waals surface area (Å²) >= 11 is 5.46. The molecule has 0 radical (unpaired) electrons. The predicted octanol–water partition coefficient (Wildman–Crippen LogP) is 3.02. The molecule has 0 spiro atoms. The quantitative estimate of drug-likeness (QED) is 0.350.